The molecule has 1 saturated carbocycles. The third kappa shape index (κ3) is 2.42. The molecule has 2 heteroatoms. The Morgan fingerprint density at radius 2 is 1.05 bits per heavy atom. The predicted molar refractivity (Wildman–Crippen MR) is 77.6 cm³/mol. The van der Waals surface area contributed by atoms with Gasteiger partial charge in [-0.05, 0) is 11.1 Å². The van der Waals surface area contributed by atoms with Crippen LogP contribution in [0.2, 0.25) is 0 Å². The molecule has 1 aliphatic rings. The smallest absolute Gasteiger partial charge is 0.148 e. The van der Waals surface area contributed by atoms with Gasteiger partial charge in [-0.15, -0.1) is 0 Å². The Hall–Kier alpha value is -2.22. The van der Waals surface area contributed by atoms with E-state index >= 15 is 0 Å². The summed E-state index contributed by atoms with van der Waals surface area (Å²) in [7, 11) is 0. The van der Waals surface area contributed by atoms with E-state index in [0.29, 0.717) is 12.8 Å². The van der Waals surface area contributed by atoms with Gasteiger partial charge in [0.15, 0.2) is 0 Å². The minimum absolute atomic E-state index is 0.169. The lowest BCUT2D eigenvalue weighted by atomic mass is 9.73. The highest BCUT2D eigenvalue weighted by atomic mass is 16.1. The molecule has 3 rings (SSSR count). The van der Waals surface area contributed by atoms with E-state index in [4.69, 9.17) is 0 Å². The van der Waals surface area contributed by atoms with Crippen molar-refractivity contribution >= 4 is 11.6 Å². The molecule has 0 aromatic heterocycles. The molecule has 1 aliphatic carbocycles. The third-order valence-corrected chi connectivity index (χ3v) is 3.95. The van der Waals surface area contributed by atoms with E-state index in [2.05, 4.69) is 0 Å². The molecule has 2 nitrogen and oxygen atoms in total. The lowest BCUT2D eigenvalue weighted by molar-refractivity contribution is -0.132. The molecular formula is C18H16O2. The number of Topliss-reactive ketones (excluding diaryl/α,β-unsaturated/α-hetero) is 2. The maximum Gasteiger partial charge on any atom is 0.148 e. The maximum atomic E-state index is 12.7. The first-order chi connectivity index (χ1) is 9.75. The van der Waals surface area contributed by atoms with Crippen LogP contribution in [0.25, 0.3) is 0 Å². The number of ketones is 2. The first kappa shape index (κ1) is 12.8. The van der Waals surface area contributed by atoms with Crippen LogP contribution in [-0.2, 0) is 9.59 Å². The van der Waals surface area contributed by atoms with E-state index in [0.717, 1.165) is 11.1 Å². The summed E-state index contributed by atoms with van der Waals surface area (Å²) in [5.41, 5.74) is 1.90. The number of hydrogen-bond donors (Lipinski definition) is 0. The Kier molecular flexibility index (Phi) is 3.46. The van der Waals surface area contributed by atoms with Crippen molar-refractivity contribution in [1.29, 1.82) is 0 Å². The van der Waals surface area contributed by atoms with Crippen molar-refractivity contribution in [2.45, 2.75) is 24.7 Å². The summed E-state index contributed by atoms with van der Waals surface area (Å²) in [6.07, 6.45) is 0.679. The molecule has 2 aromatic rings. The molecule has 100 valence electrons. The maximum absolute atomic E-state index is 12.7. The fraction of sp³-hybridized carbons (Fsp3) is 0.222. The van der Waals surface area contributed by atoms with Crippen LogP contribution in [0.1, 0.15) is 35.8 Å². The van der Waals surface area contributed by atoms with E-state index in [-0.39, 0.29) is 23.4 Å². The number of hydrogen-bond acceptors (Lipinski definition) is 2. The van der Waals surface area contributed by atoms with E-state index < -0.39 is 0 Å². The summed E-state index contributed by atoms with van der Waals surface area (Å²) >= 11 is 0. The van der Waals surface area contributed by atoms with Gasteiger partial charge in [-0.1, -0.05) is 60.7 Å². The first-order valence-corrected chi connectivity index (χ1v) is 6.91. The molecular weight excluding hydrogens is 248 g/mol. The monoisotopic (exact) mass is 264 g/mol. The second-order valence-electron chi connectivity index (χ2n) is 5.28. The van der Waals surface area contributed by atoms with Crippen molar-refractivity contribution in [3.63, 3.8) is 0 Å². The summed E-state index contributed by atoms with van der Waals surface area (Å²) in [5, 5.41) is 0. The molecule has 0 saturated heterocycles. The van der Waals surface area contributed by atoms with Crippen molar-refractivity contribution in [3.05, 3.63) is 71.8 Å². The van der Waals surface area contributed by atoms with Gasteiger partial charge in [0.1, 0.15) is 11.6 Å². The van der Waals surface area contributed by atoms with Crippen molar-refractivity contribution in [2.24, 2.45) is 0 Å². The molecule has 1 fully saturated rings. The standard InChI is InChI=1S/C18H16O2/c19-15-11-16(13-7-3-1-4-8-13)18(20)17(12-15)14-9-5-2-6-10-14/h1-10,16-17H,11-12H2. The van der Waals surface area contributed by atoms with Gasteiger partial charge >= 0.3 is 0 Å². The second-order valence-corrected chi connectivity index (χ2v) is 5.28. The Bertz CT molecular complexity index is 563. The summed E-state index contributed by atoms with van der Waals surface area (Å²) in [5.74, 6) is -0.236. The summed E-state index contributed by atoms with van der Waals surface area (Å²) in [6, 6.07) is 19.2. The second kappa shape index (κ2) is 5.41. The van der Waals surface area contributed by atoms with Gasteiger partial charge in [0, 0.05) is 12.8 Å². The van der Waals surface area contributed by atoms with Gasteiger partial charge in [0.2, 0.25) is 0 Å². The summed E-state index contributed by atoms with van der Waals surface area (Å²) in [4.78, 5) is 24.7. The van der Waals surface area contributed by atoms with Crippen LogP contribution in [0, 0.1) is 0 Å². The molecule has 0 bridgehead atoms. The van der Waals surface area contributed by atoms with Crippen LogP contribution in [0.5, 0.6) is 0 Å². The predicted octanol–water partition coefficient (Wildman–Crippen LogP) is 3.49. The zero-order valence-corrected chi connectivity index (χ0v) is 11.2. The van der Waals surface area contributed by atoms with Crippen LogP contribution < -0.4 is 0 Å². The zero-order valence-electron chi connectivity index (χ0n) is 11.2. The van der Waals surface area contributed by atoms with E-state index in [9.17, 15) is 9.59 Å². The molecule has 0 spiro atoms. The van der Waals surface area contributed by atoms with Gasteiger partial charge < -0.3 is 0 Å². The molecule has 2 atom stereocenters. The van der Waals surface area contributed by atoms with Crippen LogP contribution in [-0.4, -0.2) is 11.6 Å². The lowest BCUT2D eigenvalue weighted by Gasteiger charge is -2.27. The fourth-order valence-corrected chi connectivity index (χ4v) is 2.92. The molecule has 2 aromatic carbocycles. The Balaban J connectivity index is 1.94. The minimum atomic E-state index is -0.289. The fourth-order valence-electron chi connectivity index (χ4n) is 2.92. The molecule has 0 aliphatic heterocycles. The molecule has 2 unspecified atom stereocenters. The van der Waals surface area contributed by atoms with Gasteiger partial charge in [-0.2, -0.15) is 0 Å². The zero-order chi connectivity index (χ0) is 13.9. The quantitative estimate of drug-likeness (QED) is 0.832. The van der Waals surface area contributed by atoms with Crippen LogP contribution in [0.3, 0.4) is 0 Å². The van der Waals surface area contributed by atoms with Gasteiger partial charge in [0.05, 0.1) is 11.8 Å². The van der Waals surface area contributed by atoms with Crippen molar-refractivity contribution in [2.75, 3.05) is 0 Å². The normalized spacial score (nSPS) is 22.8. The summed E-state index contributed by atoms with van der Waals surface area (Å²) < 4.78 is 0. The van der Waals surface area contributed by atoms with Crippen LogP contribution in [0.4, 0.5) is 0 Å². The highest BCUT2D eigenvalue weighted by molar-refractivity contribution is 6.02. The Labute approximate surface area is 118 Å². The van der Waals surface area contributed by atoms with Crippen LogP contribution in [0.15, 0.2) is 60.7 Å². The topological polar surface area (TPSA) is 34.1 Å². The Morgan fingerprint density at radius 1 is 0.650 bits per heavy atom. The average Bonchev–Trinajstić information content (AvgIpc) is 2.51. The summed E-state index contributed by atoms with van der Waals surface area (Å²) in [6.45, 7) is 0. The first-order valence-electron chi connectivity index (χ1n) is 6.91. The minimum Gasteiger partial charge on any atom is -0.300 e. The number of benzene rings is 2. The highest BCUT2D eigenvalue weighted by Crippen LogP contribution is 2.36. The molecule has 0 amide bonds. The lowest BCUT2D eigenvalue weighted by Crippen LogP contribution is -2.30. The highest BCUT2D eigenvalue weighted by Gasteiger charge is 2.36. The number of carbonyl (C=O) groups excluding carboxylic acids is 2. The van der Waals surface area contributed by atoms with Crippen LogP contribution >= 0.6 is 0 Å². The largest absolute Gasteiger partial charge is 0.300 e. The average molecular weight is 264 g/mol. The molecule has 0 N–H and O–H groups in total. The molecule has 0 radical (unpaired) electrons. The van der Waals surface area contributed by atoms with E-state index in [1.165, 1.54) is 0 Å². The Morgan fingerprint density at radius 3 is 1.45 bits per heavy atom. The van der Waals surface area contributed by atoms with E-state index in [1.807, 2.05) is 60.7 Å². The number of carbonyl (C=O) groups is 2. The number of rotatable bonds is 2. The van der Waals surface area contributed by atoms with Gasteiger partial charge in [0.25, 0.3) is 0 Å². The van der Waals surface area contributed by atoms with Gasteiger partial charge in [-0.25, -0.2) is 0 Å². The van der Waals surface area contributed by atoms with Crippen molar-refractivity contribution in [3.8, 4) is 0 Å². The molecule has 0 heterocycles. The molecule has 20 heavy (non-hydrogen) atoms. The van der Waals surface area contributed by atoms with Crippen molar-refractivity contribution in [1.82, 2.24) is 0 Å². The van der Waals surface area contributed by atoms with Gasteiger partial charge in [-0.3, -0.25) is 9.59 Å². The third-order valence-electron chi connectivity index (χ3n) is 3.95. The van der Waals surface area contributed by atoms with E-state index in [1.54, 1.807) is 0 Å². The SMILES string of the molecule is O=C1CC(c2ccccc2)C(=O)C(c2ccccc2)C1. The van der Waals surface area contributed by atoms with Crippen molar-refractivity contribution < 1.29 is 9.59 Å².